The molecular formula is C12H19NO3. The highest BCUT2D eigenvalue weighted by atomic mass is 16.5. The van der Waals surface area contributed by atoms with Crippen molar-refractivity contribution in [2.75, 3.05) is 13.2 Å². The Kier molecular flexibility index (Phi) is 4.71. The topological polar surface area (TPSA) is 51.6 Å². The van der Waals surface area contributed by atoms with Gasteiger partial charge in [-0.05, 0) is 26.8 Å². The highest BCUT2D eigenvalue weighted by molar-refractivity contribution is 5.15. The van der Waals surface area contributed by atoms with E-state index in [0.29, 0.717) is 24.8 Å². The lowest BCUT2D eigenvalue weighted by molar-refractivity contribution is -0.0168. The molecule has 0 atom stereocenters. The zero-order chi connectivity index (χ0) is 12.0. The summed E-state index contributed by atoms with van der Waals surface area (Å²) in [6.45, 7) is 6.90. The lowest BCUT2D eigenvalue weighted by Crippen LogP contribution is -2.22. The molecule has 0 saturated carbocycles. The predicted octanol–water partition coefficient (Wildman–Crippen LogP) is 1.77. The third kappa shape index (κ3) is 5.09. The molecule has 16 heavy (non-hydrogen) atoms. The Morgan fingerprint density at radius 1 is 1.25 bits per heavy atom. The van der Waals surface area contributed by atoms with E-state index >= 15 is 0 Å². The van der Waals surface area contributed by atoms with Crippen molar-refractivity contribution in [1.29, 1.82) is 0 Å². The summed E-state index contributed by atoms with van der Waals surface area (Å²) >= 11 is 0. The van der Waals surface area contributed by atoms with Crippen LogP contribution < -0.4 is 4.74 Å². The largest absolute Gasteiger partial charge is 0.475 e. The SMILES string of the molecule is CC(C)(C)OCCOc1cccc(CO)n1. The normalized spacial score (nSPS) is 11.5. The summed E-state index contributed by atoms with van der Waals surface area (Å²) in [5.41, 5.74) is 0.457. The Morgan fingerprint density at radius 3 is 2.62 bits per heavy atom. The van der Waals surface area contributed by atoms with Crippen molar-refractivity contribution >= 4 is 0 Å². The van der Waals surface area contributed by atoms with E-state index in [0.717, 1.165) is 0 Å². The number of aliphatic hydroxyl groups excluding tert-OH is 1. The molecule has 0 radical (unpaired) electrons. The average molecular weight is 225 g/mol. The van der Waals surface area contributed by atoms with Gasteiger partial charge >= 0.3 is 0 Å². The lowest BCUT2D eigenvalue weighted by Gasteiger charge is -2.19. The van der Waals surface area contributed by atoms with Gasteiger partial charge < -0.3 is 14.6 Å². The maximum absolute atomic E-state index is 8.90. The maximum atomic E-state index is 8.90. The average Bonchev–Trinajstić information content (AvgIpc) is 2.23. The summed E-state index contributed by atoms with van der Waals surface area (Å²) in [7, 11) is 0. The molecule has 0 aliphatic carbocycles. The molecule has 1 aromatic rings. The van der Waals surface area contributed by atoms with Crippen LogP contribution in [-0.4, -0.2) is 28.9 Å². The van der Waals surface area contributed by atoms with E-state index in [2.05, 4.69) is 4.98 Å². The molecule has 0 bridgehead atoms. The van der Waals surface area contributed by atoms with Crippen LogP contribution in [-0.2, 0) is 11.3 Å². The summed E-state index contributed by atoms with van der Waals surface area (Å²) in [6, 6.07) is 5.31. The number of ether oxygens (including phenoxy) is 2. The van der Waals surface area contributed by atoms with Crippen molar-refractivity contribution in [1.82, 2.24) is 4.98 Å². The van der Waals surface area contributed by atoms with Crippen LogP contribution in [0, 0.1) is 0 Å². The number of pyridine rings is 1. The first kappa shape index (κ1) is 12.9. The zero-order valence-corrected chi connectivity index (χ0v) is 10.1. The third-order valence-corrected chi connectivity index (χ3v) is 1.81. The molecule has 0 saturated heterocycles. The van der Waals surface area contributed by atoms with Crippen LogP contribution in [0.4, 0.5) is 0 Å². The Labute approximate surface area is 96.2 Å². The molecule has 90 valence electrons. The van der Waals surface area contributed by atoms with E-state index in [-0.39, 0.29) is 12.2 Å². The van der Waals surface area contributed by atoms with Gasteiger partial charge in [0.2, 0.25) is 5.88 Å². The Bertz CT molecular complexity index is 320. The second-order valence-corrected chi connectivity index (χ2v) is 4.43. The first-order chi connectivity index (χ1) is 7.51. The summed E-state index contributed by atoms with van der Waals surface area (Å²) in [5, 5.41) is 8.90. The molecule has 0 aromatic carbocycles. The summed E-state index contributed by atoms with van der Waals surface area (Å²) < 4.78 is 10.9. The molecule has 4 nitrogen and oxygen atoms in total. The summed E-state index contributed by atoms with van der Waals surface area (Å²) in [5.74, 6) is 0.518. The monoisotopic (exact) mass is 225 g/mol. The van der Waals surface area contributed by atoms with Gasteiger partial charge in [-0.2, -0.15) is 0 Å². The van der Waals surface area contributed by atoms with Gasteiger partial charge in [-0.15, -0.1) is 0 Å². The molecular weight excluding hydrogens is 206 g/mol. The quantitative estimate of drug-likeness (QED) is 0.776. The van der Waals surface area contributed by atoms with Gasteiger partial charge in [0.1, 0.15) is 6.61 Å². The van der Waals surface area contributed by atoms with Crippen LogP contribution in [0.25, 0.3) is 0 Å². The smallest absolute Gasteiger partial charge is 0.213 e. The fourth-order valence-corrected chi connectivity index (χ4v) is 1.12. The molecule has 1 heterocycles. The molecule has 0 aliphatic heterocycles. The van der Waals surface area contributed by atoms with Gasteiger partial charge in [0.05, 0.1) is 24.5 Å². The number of hydrogen-bond acceptors (Lipinski definition) is 4. The van der Waals surface area contributed by atoms with Gasteiger partial charge in [-0.25, -0.2) is 4.98 Å². The van der Waals surface area contributed by atoms with Crippen LogP contribution in [0.2, 0.25) is 0 Å². The lowest BCUT2D eigenvalue weighted by atomic mass is 10.2. The van der Waals surface area contributed by atoms with Crippen LogP contribution in [0.3, 0.4) is 0 Å². The Balaban J connectivity index is 2.32. The van der Waals surface area contributed by atoms with Crippen LogP contribution in [0.15, 0.2) is 18.2 Å². The maximum Gasteiger partial charge on any atom is 0.213 e. The minimum atomic E-state index is -0.149. The fraction of sp³-hybridized carbons (Fsp3) is 0.583. The van der Waals surface area contributed by atoms with E-state index in [9.17, 15) is 0 Å². The van der Waals surface area contributed by atoms with Crippen molar-refractivity contribution in [3.63, 3.8) is 0 Å². The molecule has 0 fully saturated rings. The second kappa shape index (κ2) is 5.82. The molecule has 1 N–H and O–H groups in total. The standard InChI is InChI=1S/C12H19NO3/c1-12(2,3)16-8-7-15-11-6-4-5-10(9-14)13-11/h4-6,14H,7-9H2,1-3H3. The molecule has 0 spiro atoms. The van der Waals surface area contributed by atoms with Gasteiger partial charge in [0, 0.05) is 6.07 Å². The van der Waals surface area contributed by atoms with Crippen LogP contribution in [0.5, 0.6) is 5.88 Å². The number of rotatable bonds is 5. The van der Waals surface area contributed by atoms with Crippen LogP contribution >= 0.6 is 0 Å². The van der Waals surface area contributed by atoms with Crippen molar-refractivity contribution in [2.24, 2.45) is 0 Å². The van der Waals surface area contributed by atoms with Crippen molar-refractivity contribution < 1.29 is 14.6 Å². The number of aromatic nitrogens is 1. The van der Waals surface area contributed by atoms with Gasteiger partial charge in [-0.3, -0.25) is 0 Å². The number of hydrogen-bond donors (Lipinski definition) is 1. The highest BCUT2D eigenvalue weighted by Crippen LogP contribution is 2.09. The number of nitrogens with zero attached hydrogens (tertiary/aromatic N) is 1. The molecule has 0 unspecified atom stereocenters. The zero-order valence-electron chi connectivity index (χ0n) is 10.1. The fourth-order valence-electron chi connectivity index (χ4n) is 1.12. The van der Waals surface area contributed by atoms with E-state index in [4.69, 9.17) is 14.6 Å². The summed E-state index contributed by atoms with van der Waals surface area (Å²) in [4.78, 5) is 4.10. The van der Waals surface area contributed by atoms with Crippen LogP contribution in [0.1, 0.15) is 26.5 Å². The van der Waals surface area contributed by atoms with Gasteiger partial charge in [0.15, 0.2) is 0 Å². The van der Waals surface area contributed by atoms with E-state index in [1.54, 1.807) is 18.2 Å². The number of aliphatic hydroxyl groups is 1. The molecule has 1 rings (SSSR count). The first-order valence-corrected chi connectivity index (χ1v) is 5.35. The highest BCUT2D eigenvalue weighted by Gasteiger charge is 2.09. The minimum absolute atomic E-state index is 0.0737. The molecule has 4 heteroatoms. The second-order valence-electron chi connectivity index (χ2n) is 4.43. The molecule has 0 aliphatic rings. The predicted molar refractivity (Wildman–Crippen MR) is 61.4 cm³/mol. The van der Waals surface area contributed by atoms with E-state index < -0.39 is 0 Å². The Morgan fingerprint density at radius 2 is 2.00 bits per heavy atom. The van der Waals surface area contributed by atoms with Crippen molar-refractivity contribution in [2.45, 2.75) is 33.0 Å². The molecule has 1 aromatic heterocycles. The van der Waals surface area contributed by atoms with E-state index in [1.807, 2.05) is 20.8 Å². The summed E-state index contributed by atoms with van der Waals surface area (Å²) in [6.07, 6.45) is 0. The first-order valence-electron chi connectivity index (χ1n) is 5.35. The van der Waals surface area contributed by atoms with Crippen molar-refractivity contribution in [3.05, 3.63) is 23.9 Å². The van der Waals surface area contributed by atoms with Gasteiger partial charge in [0.25, 0.3) is 0 Å². The van der Waals surface area contributed by atoms with Gasteiger partial charge in [-0.1, -0.05) is 6.07 Å². The molecule has 0 amide bonds. The van der Waals surface area contributed by atoms with E-state index in [1.165, 1.54) is 0 Å². The minimum Gasteiger partial charge on any atom is -0.475 e. The Hall–Kier alpha value is -1.13. The van der Waals surface area contributed by atoms with Crippen molar-refractivity contribution in [3.8, 4) is 5.88 Å². The third-order valence-electron chi connectivity index (χ3n) is 1.81.